The van der Waals surface area contributed by atoms with Crippen LogP contribution in [-0.4, -0.2) is 13.1 Å². The van der Waals surface area contributed by atoms with E-state index in [4.69, 9.17) is 9.15 Å². The Kier molecular flexibility index (Phi) is 3.87. The summed E-state index contributed by atoms with van der Waals surface area (Å²) in [5.41, 5.74) is 1.55. The molecule has 0 amide bonds. The molecule has 0 fully saturated rings. The van der Waals surface area contributed by atoms with E-state index in [0.717, 1.165) is 5.56 Å². The SMILES string of the molecule is COC(=O)c1cc(Br)oc1C(C)c1ccccc1. The Morgan fingerprint density at radius 2 is 2.00 bits per heavy atom. The molecule has 1 heterocycles. The molecule has 0 aliphatic carbocycles. The van der Waals surface area contributed by atoms with Crippen molar-refractivity contribution in [3.63, 3.8) is 0 Å². The van der Waals surface area contributed by atoms with E-state index in [1.165, 1.54) is 7.11 Å². The molecule has 4 heteroatoms. The van der Waals surface area contributed by atoms with Crippen molar-refractivity contribution in [2.24, 2.45) is 0 Å². The van der Waals surface area contributed by atoms with Crippen LogP contribution in [0.3, 0.4) is 0 Å². The molecule has 0 spiro atoms. The summed E-state index contributed by atoms with van der Waals surface area (Å²) in [5, 5.41) is 0. The third kappa shape index (κ3) is 2.48. The van der Waals surface area contributed by atoms with Gasteiger partial charge in [-0.1, -0.05) is 37.3 Å². The number of esters is 1. The van der Waals surface area contributed by atoms with Crippen LogP contribution in [0.4, 0.5) is 0 Å². The van der Waals surface area contributed by atoms with Crippen molar-refractivity contribution >= 4 is 21.9 Å². The fourth-order valence-corrected chi connectivity index (χ4v) is 2.26. The second-order valence-electron chi connectivity index (χ2n) is 3.95. The maximum atomic E-state index is 11.7. The molecule has 18 heavy (non-hydrogen) atoms. The molecule has 0 N–H and O–H groups in total. The molecule has 2 rings (SSSR count). The number of carbonyl (C=O) groups excluding carboxylic acids is 1. The molecule has 2 aromatic rings. The number of hydrogen-bond acceptors (Lipinski definition) is 3. The summed E-state index contributed by atoms with van der Waals surface area (Å²) in [5.74, 6) is 0.216. The van der Waals surface area contributed by atoms with Gasteiger partial charge in [0.05, 0.1) is 7.11 Å². The van der Waals surface area contributed by atoms with Crippen LogP contribution in [0.1, 0.15) is 34.5 Å². The van der Waals surface area contributed by atoms with Crippen molar-refractivity contribution in [2.75, 3.05) is 7.11 Å². The standard InChI is InChI=1S/C14H13BrO3/c1-9(10-6-4-3-5-7-10)13-11(14(16)17-2)8-12(15)18-13/h3-9H,1-2H3. The lowest BCUT2D eigenvalue weighted by Gasteiger charge is -2.10. The summed E-state index contributed by atoms with van der Waals surface area (Å²) in [7, 11) is 1.36. The first-order chi connectivity index (χ1) is 8.63. The zero-order valence-corrected chi connectivity index (χ0v) is 11.7. The number of carbonyl (C=O) groups is 1. The van der Waals surface area contributed by atoms with Gasteiger partial charge in [0, 0.05) is 12.0 Å². The van der Waals surface area contributed by atoms with E-state index < -0.39 is 0 Å². The molecule has 0 aliphatic heterocycles. The van der Waals surface area contributed by atoms with Gasteiger partial charge in [0.25, 0.3) is 0 Å². The molecule has 0 radical (unpaired) electrons. The predicted octanol–water partition coefficient (Wildman–Crippen LogP) is 3.98. The van der Waals surface area contributed by atoms with Crippen LogP contribution < -0.4 is 0 Å². The van der Waals surface area contributed by atoms with Crippen molar-refractivity contribution in [3.8, 4) is 0 Å². The number of benzene rings is 1. The molecule has 0 saturated heterocycles. The Hall–Kier alpha value is -1.55. The van der Waals surface area contributed by atoms with Gasteiger partial charge in [-0.2, -0.15) is 0 Å². The average molecular weight is 309 g/mol. The highest BCUT2D eigenvalue weighted by Crippen LogP contribution is 2.31. The molecule has 1 aromatic heterocycles. The lowest BCUT2D eigenvalue weighted by atomic mass is 9.96. The monoisotopic (exact) mass is 308 g/mol. The summed E-state index contributed by atoms with van der Waals surface area (Å²) in [4.78, 5) is 11.7. The van der Waals surface area contributed by atoms with Gasteiger partial charge in [-0.25, -0.2) is 4.79 Å². The second-order valence-corrected chi connectivity index (χ2v) is 4.73. The maximum absolute atomic E-state index is 11.7. The van der Waals surface area contributed by atoms with Crippen LogP contribution in [0.5, 0.6) is 0 Å². The minimum absolute atomic E-state index is 0.00778. The molecule has 0 aliphatic rings. The van der Waals surface area contributed by atoms with Gasteiger partial charge < -0.3 is 9.15 Å². The quantitative estimate of drug-likeness (QED) is 0.805. The number of rotatable bonds is 3. The van der Waals surface area contributed by atoms with E-state index in [1.807, 2.05) is 37.3 Å². The topological polar surface area (TPSA) is 39.4 Å². The molecular weight excluding hydrogens is 296 g/mol. The zero-order chi connectivity index (χ0) is 13.1. The van der Waals surface area contributed by atoms with Crippen LogP contribution in [0.15, 0.2) is 45.5 Å². The van der Waals surface area contributed by atoms with Gasteiger partial charge in [0.2, 0.25) is 0 Å². The number of methoxy groups -OCH3 is 1. The van der Waals surface area contributed by atoms with E-state index in [9.17, 15) is 4.79 Å². The van der Waals surface area contributed by atoms with Crippen molar-refractivity contribution < 1.29 is 13.9 Å². The highest BCUT2D eigenvalue weighted by atomic mass is 79.9. The maximum Gasteiger partial charge on any atom is 0.341 e. The van der Waals surface area contributed by atoms with E-state index >= 15 is 0 Å². The van der Waals surface area contributed by atoms with E-state index in [1.54, 1.807) is 6.07 Å². The Labute approximate surface area is 114 Å². The Morgan fingerprint density at radius 3 is 2.61 bits per heavy atom. The zero-order valence-electron chi connectivity index (χ0n) is 10.1. The van der Waals surface area contributed by atoms with Gasteiger partial charge in [-0.05, 0) is 21.5 Å². The highest BCUT2D eigenvalue weighted by Gasteiger charge is 2.23. The summed E-state index contributed by atoms with van der Waals surface area (Å²) < 4.78 is 10.9. The summed E-state index contributed by atoms with van der Waals surface area (Å²) >= 11 is 3.25. The first kappa shape index (κ1) is 12.9. The molecule has 1 atom stereocenters. The molecule has 94 valence electrons. The fourth-order valence-electron chi connectivity index (χ4n) is 1.86. The molecular formula is C14H13BrO3. The minimum Gasteiger partial charge on any atom is -0.465 e. The van der Waals surface area contributed by atoms with Gasteiger partial charge in [-0.15, -0.1) is 0 Å². The Balaban J connectivity index is 2.42. The second kappa shape index (κ2) is 5.40. The van der Waals surface area contributed by atoms with Gasteiger partial charge in [0.1, 0.15) is 11.3 Å². The van der Waals surface area contributed by atoms with Crippen molar-refractivity contribution in [1.29, 1.82) is 0 Å². The van der Waals surface area contributed by atoms with Crippen LogP contribution >= 0.6 is 15.9 Å². The molecule has 0 bridgehead atoms. The van der Waals surface area contributed by atoms with Crippen LogP contribution in [-0.2, 0) is 4.74 Å². The first-order valence-electron chi connectivity index (χ1n) is 5.56. The van der Waals surface area contributed by atoms with Crippen molar-refractivity contribution in [2.45, 2.75) is 12.8 Å². The van der Waals surface area contributed by atoms with Crippen LogP contribution in [0.25, 0.3) is 0 Å². The molecule has 1 aromatic carbocycles. The molecule has 1 unspecified atom stereocenters. The summed E-state index contributed by atoms with van der Waals surface area (Å²) in [6, 6.07) is 11.5. The smallest absolute Gasteiger partial charge is 0.341 e. The average Bonchev–Trinajstić information content (AvgIpc) is 2.80. The summed E-state index contributed by atoms with van der Waals surface area (Å²) in [6.07, 6.45) is 0. The lowest BCUT2D eigenvalue weighted by Crippen LogP contribution is -2.05. The lowest BCUT2D eigenvalue weighted by molar-refractivity contribution is 0.0598. The van der Waals surface area contributed by atoms with Gasteiger partial charge in [0.15, 0.2) is 4.67 Å². The number of furan rings is 1. The molecule has 0 saturated carbocycles. The van der Waals surface area contributed by atoms with E-state index in [0.29, 0.717) is 16.0 Å². The highest BCUT2D eigenvalue weighted by molar-refractivity contribution is 9.10. The predicted molar refractivity (Wildman–Crippen MR) is 71.7 cm³/mol. The Morgan fingerprint density at radius 1 is 1.33 bits per heavy atom. The van der Waals surface area contributed by atoms with Crippen molar-refractivity contribution in [3.05, 3.63) is 58.0 Å². The number of ether oxygens (including phenoxy) is 1. The number of halogens is 1. The normalized spacial score (nSPS) is 12.2. The summed E-state index contributed by atoms with van der Waals surface area (Å²) in [6.45, 7) is 1.99. The van der Waals surface area contributed by atoms with Gasteiger partial charge in [-0.3, -0.25) is 0 Å². The largest absolute Gasteiger partial charge is 0.465 e. The first-order valence-corrected chi connectivity index (χ1v) is 6.35. The van der Waals surface area contributed by atoms with Crippen molar-refractivity contribution in [1.82, 2.24) is 0 Å². The van der Waals surface area contributed by atoms with Crippen LogP contribution in [0, 0.1) is 0 Å². The molecule has 3 nitrogen and oxygen atoms in total. The third-order valence-electron chi connectivity index (χ3n) is 2.83. The van der Waals surface area contributed by atoms with E-state index in [-0.39, 0.29) is 11.9 Å². The number of hydrogen-bond donors (Lipinski definition) is 0. The van der Waals surface area contributed by atoms with Gasteiger partial charge >= 0.3 is 5.97 Å². The fraction of sp³-hybridized carbons (Fsp3) is 0.214. The van der Waals surface area contributed by atoms with Crippen LogP contribution in [0.2, 0.25) is 0 Å². The Bertz CT molecular complexity index is 545. The van der Waals surface area contributed by atoms with E-state index in [2.05, 4.69) is 15.9 Å². The third-order valence-corrected chi connectivity index (χ3v) is 3.22. The minimum atomic E-state index is -0.387.